The molecule has 0 radical (unpaired) electrons. The van der Waals surface area contributed by atoms with Gasteiger partial charge in [0, 0.05) is 29.5 Å². The van der Waals surface area contributed by atoms with Crippen molar-refractivity contribution < 1.29 is 9.59 Å². The third-order valence-corrected chi connectivity index (χ3v) is 8.07. The van der Waals surface area contributed by atoms with Crippen LogP contribution in [-0.2, 0) is 16.0 Å². The van der Waals surface area contributed by atoms with Crippen LogP contribution in [-0.4, -0.2) is 46.8 Å². The molecule has 1 aromatic rings. The number of hydrogen-bond donors (Lipinski definition) is 0. The highest BCUT2D eigenvalue weighted by Crippen LogP contribution is 2.55. The largest absolute Gasteiger partial charge is 0.338 e. The molecule has 0 aromatic heterocycles. The first-order valence-corrected chi connectivity index (χ1v) is 11.6. The van der Waals surface area contributed by atoms with Crippen molar-refractivity contribution in [3.05, 3.63) is 34.3 Å². The second-order valence-corrected chi connectivity index (χ2v) is 10.7. The number of carbonyl (C=O) groups is 2. The molecule has 2 bridgehead atoms. The summed E-state index contributed by atoms with van der Waals surface area (Å²) in [5.74, 6) is 0.990. The van der Waals surface area contributed by atoms with Crippen molar-refractivity contribution in [1.82, 2.24) is 9.80 Å². The van der Waals surface area contributed by atoms with Gasteiger partial charge in [-0.05, 0) is 74.0 Å². The molecule has 2 saturated carbocycles. The minimum Gasteiger partial charge on any atom is -0.338 e. The van der Waals surface area contributed by atoms with Gasteiger partial charge in [0.2, 0.25) is 11.8 Å². The van der Waals surface area contributed by atoms with Gasteiger partial charge in [-0.2, -0.15) is 0 Å². The van der Waals surface area contributed by atoms with E-state index in [0.717, 1.165) is 42.4 Å². The van der Waals surface area contributed by atoms with Crippen molar-refractivity contribution >= 4 is 27.7 Å². The summed E-state index contributed by atoms with van der Waals surface area (Å²) in [4.78, 5) is 30.9. The summed E-state index contributed by atoms with van der Waals surface area (Å²) < 4.78 is 1.04. The lowest BCUT2D eigenvalue weighted by Crippen LogP contribution is -2.51. The molecule has 1 aromatic carbocycles. The van der Waals surface area contributed by atoms with E-state index in [9.17, 15) is 9.59 Å². The Balaban J connectivity index is 1.31. The lowest BCUT2D eigenvalue weighted by Gasteiger charge is -2.33. The van der Waals surface area contributed by atoms with Crippen molar-refractivity contribution in [2.75, 3.05) is 13.1 Å². The summed E-state index contributed by atoms with van der Waals surface area (Å²) in [6.45, 7) is 3.72. The second-order valence-electron chi connectivity index (χ2n) is 9.74. The molecule has 1 unspecified atom stereocenters. The highest BCUT2D eigenvalue weighted by atomic mass is 79.9. The molecule has 5 heteroatoms. The predicted octanol–water partition coefficient (Wildman–Crippen LogP) is 4.02. The molecule has 4 fully saturated rings. The number of halogens is 1. The zero-order chi connectivity index (χ0) is 19.5. The second kappa shape index (κ2) is 6.86. The number of hydrogen-bond acceptors (Lipinski definition) is 2. The SMILES string of the molecule is CC(Cc1cccc(Br)c1)C(=O)N1CC2(CC2)C[C@H]1C(=O)N1C[C@@H]2CC[C@@H]1C2. The van der Waals surface area contributed by atoms with Crippen molar-refractivity contribution in [1.29, 1.82) is 0 Å². The van der Waals surface area contributed by atoms with Gasteiger partial charge in [-0.25, -0.2) is 0 Å². The minimum atomic E-state index is -0.223. The molecule has 4 nitrogen and oxygen atoms in total. The van der Waals surface area contributed by atoms with Gasteiger partial charge in [0.25, 0.3) is 0 Å². The quantitative estimate of drug-likeness (QED) is 0.703. The minimum absolute atomic E-state index is 0.103. The molecule has 28 heavy (non-hydrogen) atoms. The van der Waals surface area contributed by atoms with Crippen LogP contribution in [0.3, 0.4) is 0 Å². The maximum absolute atomic E-state index is 13.4. The number of nitrogens with zero attached hydrogens (tertiary/aromatic N) is 2. The topological polar surface area (TPSA) is 40.6 Å². The molecule has 0 N–H and O–H groups in total. The standard InChI is InChI=1S/C23H29BrN2O2/c1-15(9-16-3-2-4-18(24)10-16)21(27)26-14-23(7-8-23)12-20(26)22(28)25-13-17-5-6-19(25)11-17/h2-4,10,15,17,19-20H,5-9,11-14H2,1H3/t15?,17-,19-,20+/m1/s1. The third kappa shape index (κ3) is 3.30. The summed E-state index contributed by atoms with van der Waals surface area (Å²) in [7, 11) is 0. The van der Waals surface area contributed by atoms with Crippen LogP contribution in [0.1, 0.15) is 51.0 Å². The first kappa shape index (κ1) is 18.7. The van der Waals surface area contributed by atoms with Gasteiger partial charge in [0.05, 0.1) is 0 Å². The van der Waals surface area contributed by atoms with Crippen LogP contribution in [0, 0.1) is 17.3 Å². The summed E-state index contributed by atoms with van der Waals surface area (Å²) in [5, 5.41) is 0. The molecule has 4 aliphatic rings. The fourth-order valence-electron chi connectivity index (χ4n) is 5.82. The molecule has 5 rings (SSSR count). The van der Waals surface area contributed by atoms with E-state index in [1.165, 1.54) is 25.7 Å². The Morgan fingerprint density at radius 1 is 1.25 bits per heavy atom. The molecule has 2 aliphatic carbocycles. The predicted molar refractivity (Wildman–Crippen MR) is 112 cm³/mol. The normalized spacial score (nSPS) is 30.9. The van der Waals surface area contributed by atoms with Crippen molar-refractivity contribution in [2.24, 2.45) is 17.3 Å². The Labute approximate surface area is 175 Å². The number of carbonyl (C=O) groups excluding carboxylic acids is 2. The summed E-state index contributed by atoms with van der Waals surface area (Å²) in [6, 6.07) is 8.39. The molecular formula is C23H29BrN2O2. The van der Waals surface area contributed by atoms with E-state index in [0.29, 0.717) is 12.0 Å². The lowest BCUT2D eigenvalue weighted by atomic mass is 9.99. The van der Waals surface area contributed by atoms with E-state index in [-0.39, 0.29) is 29.2 Å². The summed E-state index contributed by atoms with van der Waals surface area (Å²) >= 11 is 3.52. The zero-order valence-electron chi connectivity index (χ0n) is 16.6. The van der Waals surface area contributed by atoms with Gasteiger partial charge in [-0.15, -0.1) is 0 Å². The molecule has 150 valence electrons. The molecule has 2 aliphatic heterocycles. The number of rotatable bonds is 4. The van der Waals surface area contributed by atoms with Gasteiger partial charge in [-0.1, -0.05) is 35.0 Å². The Morgan fingerprint density at radius 3 is 2.71 bits per heavy atom. The number of likely N-dealkylation sites (tertiary alicyclic amines) is 2. The van der Waals surface area contributed by atoms with Gasteiger partial charge < -0.3 is 9.80 Å². The van der Waals surface area contributed by atoms with Gasteiger partial charge in [0.15, 0.2) is 0 Å². The van der Waals surface area contributed by atoms with E-state index >= 15 is 0 Å². The van der Waals surface area contributed by atoms with Gasteiger partial charge in [-0.3, -0.25) is 9.59 Å². The zero-order valence-corrected chi connectivity index (χ0v) is 18.2. The first-order chi connectivity index (χ1) is 13.4. The Kier molecular flexibility index (Phi) is 4.57. The van der Waals surface area contributed by atoms with Gasteiger partial charge in [0.1, 0.15) is 6.04 Å². The maximum atomic E-state index is 13.4. The fourth-order valence-corrected chi connectivity index (χ4v) is 6.27. The smallest absolute Gasteiger partial charge is 0.245 e. The monoisotopic (exact) mass is 444 g/mol. The van der Waals surface area contributed by atoms with Crippen LogP contribution >= 0.6 is 15.9 Å². The Hall–Kier alpha value is -1.36. The third-order valence-electron chi connectivity index (χ3n) is 7.58. The number of benzene rings is 1. The average molecular weight is 445 g/mol. The summed E-state index contributed by atoms with van der Waals surface area (Å²) in [5.41, 5.74) is 1.40. The first-order valence-electron chi connectivity index (χ1n) is 10.8. The number of amides is 2. The van der Waals surface area contributed by atoms with E-state index in [1.54, 1.807) is 0 Å². The van der Waals surface area contributed by atoms with Crippen LogP contribution in [0.4, 0.5) is 0 Å². The van der Waals surface area contributed by atoms with Crippen LogP contribution in [0.25, 0.3) is 0 Å². The highest BCUT2D eigenvalue weighted by molar-refractivity contribution is 9.10. The highest BCUT2D eigenvalue weighted by Gasteiger charge is 2.57. The molecule has 2 heterocycles. The maximum Gasteiger partial charge on any atom is 0.245 e. The molecule has 1 spiro atoms. The van der Waals surface area contributed by atoms with Gasteiger partial charge >= 0.3 is 0 Å². The molecule has 4 atom stereocenters. The van der Waals surface area contributed by atoms with E-state index in [1.807, 2.05) is 24.0 Å². The van der Waals surface area contributed by atoms with Crippen LogP contribution in [0.15, 0.2) is 28.7 Å². The Morgan fingerprint density at radius 2 is 2.07 bits per heavy atom. The Bertz CT molecular complexity index is 806. The molecule has 2 saturated heterocycles. The van der Waals surface area contributed by atoms with Crippen LogP contribution in [0.5, 0.6) is 0 Å². The van der Waals surface area contributed by atoms with Crippen molar-refractivity contribution in [3.63, 3.8) is 0 Å². The van der Waals surface area contributed by atoms with Crippen molar-refractivity contribution in [2.45, 2.75) is 64.0 Å². The molecule has 2 amide bonds. The van der Waals surface area contributed by atoms with E-state index < -0.39 is 0 Å². The van der Waals surface area contributed by atoms with E-state index in [4.69, 9.17) is 0 Å². The summed E-state index contributed by atoms with van der Waals surface area (Å²) in [6.07, 6.45) is 7.55. The van der Waals surface area contributed by atoms with E-state index in [2.05, 4.69) is 33.0 Å². The fraction of sp³-hybridized carbons (Fsp3) is 0.652. The number of fused-ring (bicyclic) bond motifs is 2. The van der Waals surface area contributed by atoms with Crippen LogP contribution < -0.4 is 0 Å². The lowest BCUT2D eigenvalue weighted by molar-refractivity contribution is -0.146. The average Bonchev–Trinajstić information content (AvgIpc) is 3.01. The van der Waals surface area contributed by atoms with Crippen LogP contribution in [0.2, 0.25) is 0 Å². The number of piperidine rings is 1. The van der Waals surface area contributed by atoms with Crippen molar-refractivity contribution in [3.8, 4) is 0 Å². The molecular weight excluding hydrogens is 416 g/mol.